The van der Waals surface area contributed by atoms with Crippen molar-refractivity contribution in [3.63, 3.8) is 0 Å². The summed E-state index contributed by atoms with van der Waals surface area (Å²) in [7, 11) is -0.407. The topological polar surface area (TPSA) is 88.2 Å². The number of thiophene rings is 1. The van der Waals surface area contributed by atoms with Crippen LogP contribution in [0.1, 0.15) is 5.56 Å². The molecule has 30 heavy (non-hydrogen) atoms. The Bertz CT molecular complexity index is 988. The number of hydrogen-bond donors (Lipinski definition) is 1. The Labute approximate surface area is 185 Å². The molecule has 8 nitrogen and oxygen atoms in total. The summed E-state index contributed by atoms with van der Waals surface area (Å²) in [4.78, 5) is 14.1. The number of nitrogens with zero attached hydrogens (tertiary/aromatic N) is 2. The highest BCUT2D eigenvalue weighted by Gasteiger charge is 2.31. The number of amides is 2. The summed E-state index contributed by atoms with van der Waals surface area (Å²) in [5, 5.41) is 2.89. The van der Waals surface area contributed by atoms with Gasteiger partial charge in [0.05, 0.1) is 18.6 Å². The predicted molar refractivity (Wildman–Crippen MR) is 116 cm³/mol. The molecule has 1 aromatic heterocycles. The summed E-state index contributed by atoms with van der Waals surface area (Å²) >= 11 is 6.89. The van der Waals surface area contributed by atoms with Gasteiger partial charge in [0.2, 0.25) is 0 Å². The summed E-state index contributed by atoms with van der Waals surface area (Å²) in [5.41, 5.74) is 1.01. The lowest BCUT2D eigenvalue weighted by Gasteiger charge is -2.33. The smallest absolute Gasteiger partial charge is 0.317 e. The van der Waals surface area contributed by atoms with E-state index in [1.807, 2.05) is 18.2 Å². The zero-order valence-electron chi connectivity index (χ0n) is 16.8. The van der Waals surface area contributed by atoms with Crippen LogP contribution in [0.2, 0.25) is 4.34 Å². The zero-order chi connectivity index (χ0) is 21.7. The summed E-state index contributed by atoms with van der Waals surface area (Å²) in [6.07, 6.45) is 0.638. The molecule has 1 aromatic carbocycles. The fourth-order valence-corrected chi connectivity index (χ4v) is 6.22. The van der Waals surface area contributed by atoms with Crippen molar-refractivity contribution in [2.75, 3.05) is 46.9 Å². The van der Waals surface area contributed by atoms with Crippen molar-refractivity contribution in [1.29, 1.82) is 0 Å². The molecule has 0 aliphatic carbocycles. The maximum atomic E-state index is 12.6. The van der Waals surface area contributed by atoms with E-state index in [4.69, 9.17) is 21.1 Å². The molecule has 1 saturated heterocycles. The minimum absolute atomic E-state index is 0.202. The molecule has 0 radical (unpaired) electrons. The third-order valence-electron chi connectivity index (χ3n) is 4.81. The first-order valence-corrected chi connectivity index (χ1v) is 12.0. The minimum Gasteiger partial charge on any atom is -0.493 e. The lowest BCUT2D eigenvalue weighted by atomic mass is 10.1. The van der Waals surface area contributed by atoms with E-state index >= 15 is 0 Å². The van der Waals surface area contributed by atoms with Crippen molar-refractivity contribution in [2.24, 2.45) is 0 Å². The molecule has 2 amide bonds. The number of nitrogens with one attached hydrogen (secondary N) is 1. The molecule has 0 saturated carbocycles. The largest absolute Gasteiger partial charge is 0.493 e. The highest BCUT2D eigenvalue weighted by molar-refractivity contribution is 7.91. The van der Waals surface area contributed by atoms with Gasteiger partial charge in [0.1, 0.15) is 4.21 Å². The van der Waals surface area contributed by atoms with E-state index in [0.29, 0.717) is 41.9 Å². The maximum Gasteiger partial charge on any atom is 0.317 e. The van der Waals surface area contributed by atoms with Gasteiger partial charge in [-0.05, 0) is 36.2 Å². The van der Waals surface area contributed by atoms with Gasteiger partial charge in [-0.1, -0.05) is 17.7 Å². The normalized spacial score (nSPS) is 15.1. The van der Waals surface area contributed by atoms with Crippen LogP contribution in [0.25, 0.3) is 0 Å². The van der Waals surface area contributed by atoms with Gasteiger partial charge in [-0.15, -0.1) is 11.3 Å². The van der Waals surface area contributed by atoms with Crippen molar-refractivity contribution < 1.29 is 22.7 Å². The van der Waals surface area contributed by atoms with Crippen LogP contribution >= 0.6 is 22.9 Å². The van der Waals surface area contributed by atoms with E-state index in [9.17, 15) is 13.2 Å². The van der Waals surface area contributed by atoms with Gasteiger partial charge in [0.25, 0.3) is 10.0 Å². The number of piperazine rings is 1. The standard InChI is InChI=1S/C19H24ClN3O5S2/c1-27-15-4-3-14(13-16(15)28-2)7-8-21-19(24)22-9-11-23(12-10-22)30(25,26)18-6-5-17(20)29-18/h3-6,13H,7-12H2,1-2H3,(H,21,24). The van der Waals surface area contributed by atoms with Crippen LogP contribution in [0.4, 0.5) is 4.79 Å². The first-order valence-electron chi connectivity index (χ1n) is 9.34. The molecular formula is C19H24ClN3O5S2. The number of methoxy groups -OCH3 is 2. The van der Waals surface area contributed by atoms with E-state index in [1.54, 1.807) is 25.2 Å². The van der Waals surface area contributed by atoms with E-state index in [0.717, 1.165) is 16.9 Å². The Morgan fingerprint density at radius 1 is 1.10 bits per heavy atom. The van der Waals surface area contributed by atoms with Gasteiger partial charge in [-0.3, -0.25) is 0 Å². The molecule has 164 valence electrons. The van der Waals surface area contributed by atoms with Crippen molar-refractivity contribution in [1.82, 2.24) is 14.5 Å². The van der Waals surface area contributed by atoms with Crippen LogP contribution in [-0.4, -0.2) is 70.6 Å². The van der Waals surface area contributed by atoms with Gasteiger partial charge in [0, 0.05) is 32.7 Å². The average Bonchev–Trinajstić information content (AvgIpc) is 3.20. The third-order valence-corrected chi connectivity index (χ3v) is 8.40. The fraction of sp³-hybridized carbons (Fsp3) is 0.421. The van der Waals surface area contributed by atoms with Crippen LogP contribution in [0.15, 0.2) is 34.5 Å². The van der Waals surface area contributed by atoms with E-state index in [2.05, 4.69) is 5.32 Å². The predicted octanol–water partition coefficient (Wildman–Crippen LogP) is 2.68. The molecule has 1 aliphatic heterocycles. The van der Waals surface area contributed by atoms with Crippen LogP contribution in [0, 0.1) is 0 Å². The van der Waals surface area contributed by atoms with Crippen LogP contribution in [0.5, 0.6) is 11.5 Å². The number of hydrogen-bond acceptors (Lipinski definition) is 6. The Balaban J connectivity index is 1.48. The quantitative estimate of drug-likeness (QED) is 0.668. The molecule has 0 unspecified atom stereocenters. The molecule has 0 spiro atoms. The molecule has 2 aromatic rings. The minimum atomic E-state index is -3.57. The number of carbonyl (C=O) groups excluding carboxylic acids is 1. The zero-order valence-corrected chi connectivity index (χ0v) is 19.1. The Morgan fingerprint density at radius 2 is 1.80 bits per heavy atom. The molecule has 1 aliphatic rings. The molecular weight excluding hydrogens is 450 g/mol. The molecule has 1 fully saturated rings. The number of urea groups is 1. The highest BCUT2D eigenvalue weighted by Crippen LogP contribution is 2.29. The number of benzene rings is 1. The Kier molecular flexibility index (Phi) is 7.45. The lowest BCUT2D eigenvalue weighted by Crippen LogP contribution is -2.53. The van der Waals surface area contributed by atoms with Crippen molar-refractivity contribution in [3.8, 4) is 11.5 Å². The van der Waals surface area contributed by atoms with Crippen LogP contribution in [0.3, 0.4) is 0 Å². The second kappa shape index (κ2) is 9.86. The monoisotopic (exact) mass is 473 g/mol. The molecule has 2 heterocycles. The molecule has 0 bridgehead atoms. The first kappa shape index (κ1) is 22.7. The SMILES string of the molecule is COc1ccc(CCNC(=O)N2CCN(S(=O)(=O)c3ccc(Cl)s3)CC2)cc1OC. The highest BCUT2D eigenvalue weighted by atomic mass is 35.5. The molecule has 11 heteroatoms. The lowest BCUT2D eigenvalue weighted by molar-refractivity contribution is 0.172. The molecule has 3 rings (SSSR count). The second-order valence-corrected chi connectivity index (χ2v) is 10.5. The Morgan fingerprint density at radius 3 is 2.40 bits per heavy atom. The van der Waals surface area contributed by atoms with Crippen molar-refractivity contribution in [3.05, 3.63) is 40.2 Å². The maximum absolute atomic E-state index is 12.6. The summed E-state index contributed by atoms with van der Waals surface area (Å²) in [6, 6.07) is 8.51. The Hall–Kier alpha value is -2.01. The van der Waals surface area contributed by atoms with Crippen molar-refractivity contribution in [2.45, 2.75) is 10.6 Å². The number of halogens is 1. The number of rotatable bonds is 7. The number of sulfonamides is 1. The molecule has 1 N–H and O–H groups in total. The van der Waals surface area contributed by atoms with Gasteiger partial charge in [-0.25, -0.2) is 13.2 Å². The summed E-state index contributed by atoms with van der Waals surface area (Å²) < 4.78 is 37.8. The van der Waals surface area contributed by atoms with Crippen LogP contribution < -0.4 is 14.8 Å². The number of carbonyl (C=O) groups is 1. The van der Waals surface area contributed by atoms with Gasteiger partial charge >= 0.3 is 6.03 Å². The average molecular weight is 474 g/mol. The van der Waals surface area contributed by atoms with E-state index < -0.39 is 10.0 Å². The summed E-state index contributed by atoms with van der Waals surface area (Å²) in [5.74, 6) is 1.30. The fourth-order valence-electron chi connectivity index (χ4n) is 3.16. The van der Waals surface area contributed by atoms with Crippen molar-refractivity contribution >= 4 is 39.0 Å². The van der Waals surface area contributed by atoms with Gasteiger partial charge in [-0.2, -0.15) is 4.31 Å². The third kappa shape index (κ3) is 5.18. The van der Waals surface area contributed by atoms with E-state index in [-0.39, 0.29) is 23.3 Å². The summed E-state index contributed by atoms with van der Waals surface area (Å²) in [6.45, 7) is 1.63. The second-order valence-electron chi connectivity index (χ2n) is 6.62. The first-order chi connectivity index (χ1) is 14.3. The number of ether oxygens (including phenoxy) is 2. The van der Waals surface area contributed by atoms with Gasteiger partial charge < -0.3 is 19.7 Å². The molecule has 0 atom stereocenters. The van der Waals surface area contributed by atoms with Crippen LogP contribution in [-0.2, 0) is 16.4 Å². The van der Waals surface area contributed by atoms with Gasteiger partial charge in [0.15, 0.2) is 11.5 Å². The van der Waals surface area contributed by atoms with E-state index in [1.165, 1.54) is 10.4 Å².